The number of halogens is 1. The third kappa shape index (κ3) is 7.68. The molecule has 6 heteroatoms. The molecule has 0 saturated carbocycles. The molecule has 2 aromatic heterocycles. The molecule has 2 aromatic rings. The smallest absolute Gasteiger partial charge is 0.137 e. The highest BCUT2D eigenvalue weighted by molar-refractivity contribution is 5.76. The first-order chi connectivity index (χ1) is 17.7. The van der Waals surface area contributed by atoms with E-state index in [1.165, 1.54) is 12.5 Å². The Hall–Kier alpha value is -4.11. The lowest BCUT2D eigenvalue weighted by Gasteiger charge is -2.18. The van der Waals surface area contributed by atoms with Crippen molar-refractivity contribution in [3.63, 3.8) is 0 Å². The third-order valence-electron chi connectivity index (χ3n) is 6.04. The van der Waals surface area contributed by atoms with Crippen molar-refractivity contribution in [3.05, 3.63) is 108 Å². The second kappa shape index (κ2) is 13.8. The minimum Gasteiger partial charge on any atom is -0.384 e. The first-order valence-electron chi connectivity index (χ1n) is 12.5. The van der Waals surface area contributed by atoms with Crippen LogP contribution >= 0.6 is 0 Å². The minimum absolute atomic E-state index is 0.255. The fourth-order valence-electron chi connectivity index (χ4n) is 4.01. The molecule has 0 aromatic carbocycles. The average molecular weight is 500 g/mol. The summed E-state index contributed by atoms with van der Waals surface area (Å²) in [6.45, 7) is 24.4. The summed E-state index contributed by atoms with van der Waals surface area (Å²) in [7, 11) is 0. The van der Waals surface area contributed by atoms with Crippen LogP contribution in [-0.2, 0) is 0 Å². The van der Waals surface area contributed by atoms with Gasteiger partial charge in [0.2, 0.25) is 0 Å². The number of nitrogens with zero attached hydrogens (tertiary/aromatic N) is 3. The van der Waals surface area contributed by atoms with Gasteiger partial charge in [0, 0.05) is 30.6 Å². The first kappa shape index (κ1) is 29.1. The lowest BCUT2D eigenvalue weighted by molar-refractivity contribution is 0.621. The summed E-state index contributed by atoms with van der Waals surface area (Å²) in [5.41, 5.74) is 7.52. The summed E-state index contributed by atoms with van der Waals surface area (Å²) in [5, 5.41) is 16.1. The Morgan fingerprint density at radius 2 is 1.92 bits per heavy atom. The monoisotopic (exact) mass is 499 g/mol. The van der Waals surface area contributed by atoms with Crippen LogP contribution in [0.3, 0.4) is 0 Å². The molecule has 0 atom stereocenters. The largest absolute Gasteiger partial charge is 0.384 e. The van der Waals surface area contributed by atoms with Gasteiger partial charge in [-0.25, -0.2) is 9.37 Å². The molecule has 194 valence electrons. The summed E-state index contributed by atoms with van der Waals surface area (Å²) < 4.78 is 16.3. The molecule has 0 amide bonds. The Morgan fingerprint density at radius 3 is 2.49 bits per heavy atom. The highest BCUT2D eigenvalue weighted by Crippen LogP contribution is 2.21. The summed E-state index contributed by atoms with van der Waals surface area (Å²) in [5.74, 6) is -0.255. The second-order valence-electron chi connectivity index (χ2n) is 8.86. The van der Waals surface area contributed by atoms with E-state index >= 15 is 0 Å². The van der Waals surface area contributed by atoms with E-state index < -0.39 is 0 Å². The van der Waals surface area contributed by atoms with Crippen molar-refractivity contribution in [1.29, 1.82) is 5.26 Å². The maximum Gasteiger partial charge on any atom is 0.137 e. The number of nitrogens with one attached hydrogen (secondary N) is 2. The van der Waals surface area contributed by atoms with E-state index in [2.05, 4.69) is 61.8 Å². The molecule has 0 spiro atoms. The second-order valence-corrected chi connectivity index (χ2v) is 8.86. The third-order valence-corrected chi connectivity index (χ3v) is 6.04. The minimum atomic E-state index is -0.255. The van der Waals surface area contributed by atoms with Gasteiger partial charge in [0.1, 0.15) is 17.5 Å². The van der Waals surface area contributed by atoms with Crippen molar-refractivity contribution in [2.24, 2.45) is 0 Å². The van der Waals surface area contributed by atoms with Crippen molar-refractivity contribution in [3.8, 4) is 6.07 Å². The van der Waals surface area contributed by atoms with E-state index in [1.54, 1.807) is 18.2 Å². The topological polar surface area (TPSA) is 65.1 Å². The molecule has 0 aliphatic heterocycles. The van der Waals surface area contributed by atoms with Gasteiger partial charge in [-0.1, -0.05) is 58.2 Å². The Bertz CT molecular complexity index is 1320. The van der Waals surface area contributed by atoms with Gasteiger partial charge >= 0.3 is 0 Å². The zero-order valence-electron chi connectivity index (χ0n) is 22.5. The number of hydrogen-bond acceptors (Lipinski definition) is 4. The molecule has 2 heterocycles. The van der Waals surface area contributed by atoms with E-state index in [0.717, 1.165) is 36.1 Å². The standard InChI is InChI=1S/C31H38FN5/c1-9-13-28(27(11-3)21(4)5)35-20-26(23(7)32)16-25(10-2)19-34-24(8)29-17-30(22(6)18-33)37-15-12-14-31(37)36-29/h10,12,14-17,34-35H,2,4,6,8-9,11,13,19-20H2,1,3,5,7H3/b25-16+,26-23-,28-27+. The maximum atomic E-state index is 14.5. The average Bonchev–Trinajstić information content (AvgIpc) is 3.35. The molecule has 37 heavy (non-hydrogen) atoms. The number of allylic oxidation sites excluding steroid dienone is 5. The number of hydrogen-bond donors (Lipinski definition) is 2. The molecule has 0 unspecified atom stereocenters. The quantitative estimate of drug-likeness (QED) is 0.210. The lowest BCUT2D eigenvalue weighted by Crippen LogP contribution is -2.20. The van der Waals surface area contributed by atoms with Crippen molar-refractivity contribution in [1.82, 2.24) is 20.0 Å². The summed E-state index contributed by atoms with van der Waals surface area (Å²) in [6.07, 6.45) is 8.08. The summed E-state index contributed by atoms with van der Waals surface area (Å²) in [6, 6.07) is 7.59. The van der Waals surface area contributed by atoms with Gasteiger partial charge in [0.25, 0.3) is 0 Å². The van der Waals surface area contributed by atoms with Crippen LogP contribution in [0.5, 0.6) is 0 Å². The molecule has 0 aliphatic rings. The van der Waals surface area contributed by atoms with Crippen molar-refractivity contribution >= 4 is 16.9 Å². The van der Waals surface area contributed by atoms with Gasteiger partial charge in [-0.15, -0.1) is 0 Å². The van der Waals surface area contributed by atoms with Crippen LogP contribution in [0.25, 0.3) is 16.9 Å². The van der Waals surface area contributed by atoms with Crippen LogP contribution in [-0.4, -0.2) is 22.5 Å². The zero-order valence-corrected chi connectivity index (χ0v) is 22.5. The van der Waals surface area contributed by atoms with E-state index in [4.69, 9.17) is 0 Å². The molecule has 2 N–H and O–H groups in total. The molecule has 5 nitrogen and oxygen atoms in total. The Morgan fingerprint density at radius 1 is 1.19 bits per heavy atom. The van der Waals surface area contributed by atoms with Gasteiger partial charge in [0.05, 0.1) is 22.7 Å². The van der Waals surface area contributed by atoms with Crippen molar-refractivity contribution in [2.45, 2.75) is 47.0 Å². The zero-order chi connectivity index (χ0) is 27.5. The van der Waals surface area contributed by atoms with Crippen LogP contribution in [0.1, 0.15) is 58.3 Å². The first-order valence-corrected chi connectivity index (χ1v) is 12.5. The molecule has 0 fully saturated rings. The lowest BCUT2D eigenvalue weighted by atomic mass is 10.0. The highest BCUT2D eigenvalue weighted by Gasteiger charge is 2.11. The van der Waals surface area contributed by atoms with Crippen LogP contribution in [0.4, 0.5) is 4.39 Å². The summed E-state index contributed by atoms with van der Waals surface area (Å²) in [4.78, 5) is 4.62. The number of nitriles is 1. The number of rotatable bonds is 14. The van der Waals surface area contributed by atoms with E-state index in [0.29, 0.717) is 47.0 Å². The van der Waals surface area contributed by atoms with Crippen molar-refractivity contribution < 1.29 is 4.39 Å². The molecule has 0 saturated heterocycles. The van der Waals surface area contributed by atoms with E-state index in [1.807, 2.05) is 29.7 Å². The van der Waals surface area contributed by atoms with Gasteiger partial charge in [0.15, 0.2) is 0 Å². The number of fused-ring (bicyclic) bond motifs is 1. The fourth-order valence-corrected chi connectivity index (χ4v) is 4.01. The number of aromatic nitrogens is 2. The van der Waals surface area contributed by atoms with Gasteiger partial charge < -0.3 is 15.0 Å². The Labute approximate surface area is 220 Å². The maximum absolute atomic E-state index is 14.5. The van der Waals surface area contributed by atoms with Crippen LogP contribution in [0, 0.1) is 11.3 Å². The molecular formula is C31H38FN5. The molecule has 2 rings (SSSR count). The molecule has 0 radical (unpaired) electrons. The van der Waals surface area contributed by atoms with E-state index in [-0.39, 0.29) is 5.83 Å². The Balaban J connectivity index is 2.22. The summed E-state index contributed by atoms with van der Waals surface area (Å²) >= 11 is 0. The molecular weight excluding hydrogens is 461 g/mol. The van der Waals surface area contributed by atoms with Gasteiger partial charge in [-0.3, -0.25) is 0 Å². The van der Waals surface area contributed by atoms with Gasteiger partial charge in [-0.05, 0) is 62.1 Å². The molecule has 0 aliphatic carbocycles. The van der Waals surface area contributed by atoms with Crippen LogP contribution in [0.15, 0.2) is 96.7 Å². The van der Waals surface area contributed by atoms with Crippen LogP contribution in [0.2, 0.25) is 0 Å². The van der Waals surface area contributed by atoms with Crippen molar-refractivity contribution in [2.75, 3.05) is 13.1 Å². The molecule has 0 bridgehead atoms. The Kier molecular flexibility index (Phi) is 10.9. The van der Waals surface area contributed by atoms with Crippen LogP contribution < -0.4 is 10.6 Å². The SMILES string of the molecule is C=C/C(=C\C(CN/C(CCC)=C(\CC)C(=C)C)=C(/C)F)CNC(=C)c1cc(C(=C)C#N)n2cccc2n1. The fraction of sp³-hybridized carbons (Fsp3) is 0.290. The predicted octanol–water partition coefficient (Wildman–Crippen LogP) is 7.42. The normalized spacial score (nSPS) is 12.8. The predicted molar refractivity (Wildman–Crippen MR) is 154 cm³/mol. The highest BCUT2D eigenvalue weighted by atomic mass is 19.1. The van der Waals surface area contributed by atoms with E-state index in [9.17, 15) is 9.65 Å². The van der Waals surface area contributed by atoms with Gasteiger partial charge in [-0.2, -0.15) is 5.26 Å².